The molecule has 0 spiro atoms. The number of amides is 1. The van der Waals surface area contributed by atoms with Gasteiger partial charge in [-0.05, 0) is 52.0 Å². The van der Waals surface area contributed by atoms with E-state index >= 15 is 0 Å². The van der Waals surface area contributed by atoms with Gasteiger partial charge in [0.2, 0.25) is 5.91 Å². The number of anilines is 1. The second kappa shape index (κ2) is 6.73. The van der Waals surface area contributed by atoms with E-state index in [-0.39, 0.29) is 12.3 Å². The SMILES string of the molecule is Cc1ccc(NC(=O)Cc2csc(-c3cccs3)n2)c(Br)c1. The maximum atomic E-state index is 12.2. The average molecular weight is 393 g/mol. The van der Waals surface area contributed by atoms with Crippen LogP contribution in [0, 0.1) is 6.92 Å². The first-order valence-electron chi connectivity index (χ1n) is 6.66. The molecule has 6 heteroatoms. The number of thiazole rings is 1. The van der Waals surface area contributed by atoms with Crippen molar-refractivity contribution in [2.45, 2.75) is 13.3 Å². The molecule has 1 aromatic carbocycles. The molecule has 3 nitrogen and oxygen atoms in total. The summed E-state index contributed by atoms with van der Waals surface area (Å²) < 4.78 is 0.887. The molecule has 0 aliphatic heterocycles. The van der Waals surface area contributed by atoms with Gasteiger partial charge >= 0.3 is 0 Å². The van der Waals surface area contributed by atoms with Gasteiger partial charge in [-0.2, -0.15) is 0 Å². The van der Waals surface area contributed by atoms with Gasteiger partial charge in [0.1, 0.15) is 5.01 Å². The zero-order valence-electron chi connectivity index (χ0n) is 11.8. The fourth-order valence-corrected chi connectivity index (χ4v) is 4.21. The van der Waals surface area contributed by atoms with Crippen LogP contribution in [-0.2, 0) is 11.2 Å². The molecule has 2 aromatic heterocycles. The molecular formula is C16H13BrN2OS2. The number of aromatic nitrogens is 1. The van der Waals surface area contributed by atoms with Crippen LogP contribution in [0.2, 0.25) is 0 Å². The maximum absolute atomic E-state index is 12.2. The Hall–Kier alpha value is -1.50. The fourth-order valence-electron chi connectivity index (χ4n) is 1.98. The standard InChI is InChI=1S/C16H13BrN2OS2/c1-10-4-5-13(12(17)7-10)19-15(20)8-11-9-22-16(18-11)14-3-2-6-21-14/h2-7,9H,8H2,1H3,(H,19,20). The molecule has 0 saturated heterocycles. The Morgan fingerprint density at radius 3 is 2.91 bits per heavy atom. The van der Waals surface area contributed by atoms with Gasteiger partial charge in [-0.25, -0.2) is 4.98 Å². The zero-order valence-corrected chi connectivity index (χ0v) is 15.0. The van der Waals surface area contributed by atoms with Gasteiger partial charge in [-0.3, -0.25) is 4.79 Å². The second-order valence-corrected chi connectivity index (χ2v) is 7.49. The van der Waals surface area contributed by atoms with Crippen LogP contribution in [0.1, 0.15) is 11.3 Å². The lowest BCUT2D eigenvalue weighted by molar-refractivity contribution is -0.115. The van der Waals surface area contributed by atoms with Gasteiger partial charge < -0.3 is 5.32 Å². The van der Waals surface area contributed by atoms with Crippen LogP contribution in [0.15, 0.2) is 45.6 Å². The van der Waals surface area contributed by atoms with Crippen LogP contribution in [0.25, 0.3) is 9.88 Å². The highest BCUT2D eigenvalue weighted by Gasteiger charge is 2.11. The summed E-state index contributed by atoms with van der Waals surface area (Å²) in [7, 11) is 0. The lowest BCUT2D eigenvalue weighted by Gasteiger charge is -2.07. The minimum Gasteiger partial charge on any atom is -0.325 e. The molecule has 0 aliphatic carbocycles. The highest BCUT2D eigenvalue weighted by molar-refractivity contribution is 9.10. The number of hydrogen-bond acceptors (Lipinski definition) is 4. The minimum absolute atomic E-state index is 0.0624. The van der Waals surface area contributed by atoms with E-state index in [1.807, 2.05) is 48.0 Å². The van der Waals surface area contributed by atoms with Crippen molar-refractivity contribution >= 4 is 50.2 Å². The van der Waals surface area contributed by atoms with Crippen molar-refractivity contribution in [1.82, 2.24) is 4.98 Å². The van der Waals surface area contributed by atoms with Crippen molar-refractivity contribution in [2.24, 2.45) is 0 Å². The molecule has 1 amide bonds. The highest BCUT2D eigenvalue weighted by Crippen LogP contribution is 2.28. The van der Waals surface area contributed by atoms with Crippen LogP contribution < -0.4 is 5.32 Å². The van der Waals surface area contributed by atoms with E-state index in [1.165, 1.54) is 0 Å². The first kappa shape index (κ1) is 15.4. The van der Waals surface area contributed by atoms with E-state index in [2.05, 4.69) is 26.2 Å². The van der Waals surface area contributed by atoms with Crippen LogP contribution in [0.4, 0.5) is 5.69 Å². The van der Waals surface area contributed by atoms with Gasteiger partial charge in [0.05, 0.1) is 22.7 Å². The molecule has 112 valence electrons. The molecule has 0 radical (unpaired) electrons. The Kier molecular flexibility index (Phi) is 4.71. The average Bonchev–Trinajstić information content (AvgIpc) is 3.12. The van der Waals surface area contributed by atoms with E-state index in [4.69, 9.17) is 0 Å². The molecule has 0 unspecified atom stereocenters. The number of benzene rings is 1. The third-order valence-electron chi connectivity index (χ3n) is 3.02. The molecule has 0 atom stereocenters. The highest BCUT2D eigenvalue weighted by atomic mass is 79.9. The Morgan fingerprint density at radius 2 is 2.18 bits per heavy atom. The largest absolute Gasteiger partial charge is 0.325 e. The summed E-state index contributed by atoms with van der Waals surface area (Å²) in [4.78, 5) is 17.8. The molecule has 22 heavy (non-hydrogen) atoms. The Labute approximate surface area is 145 Å². The van der Waals surface area contributed by atoms with Crippen molar-refractivity contribution in [3.63, 3.8) is 0 Å². The van der Waals surface area contributed by atoms with Crippen LogP contribution in [-0.4, -0.2) is 10.9 Å². The monoisotopic (exact) mass is 392 g/mol. The maximum Gasteiger partial charge on any atom is 0.230 e. The molecule has 2 heterocycles. The normalized spacial score (nSPS) is 10.6. The second-order valence-electron chi connectivity index (χ2n) is 4.83. The smallest absolute Gasteiger partial charge is 0.230 e. The predicted molar refractivity (Wildman–Crippen MR) is 96.6 cm³/mol. The van der Waals surface area contributed by atoms with E-state index < -0.39 is 0 Å². The zero-order chi connectivity index (χ0) is 15.5. The molecule has 0 bridgehead atoms. The molecule has 3 rings (SSSR count). The topological polar surface area (TPSA) is 42.0 Å². The number of halogens is 1. The van der Waals surface area contributed by atoms with E-state index in [0.717, 1.165) is 31.3 Å². The summed E-state index contributed by atoms with van der Waals surface area (Å²) in [6.45, 7) is 2.01. The number of rotatable bonds is 4. The van der Waals surface area contributed by atoms with Gasteiger partial charge in [-0.15, -0.1) is 22.7 Å². The van der Waals surface area contributed by atoms with E-state index in [1.54, 1.807) is 22.7 Å². The summed E-state index contributed by atoms with van der Waals surface area (Å²) in [5.74, 6) is -0.0624. The van der Waals surface area contributed by atoms with Gasteiger partial charge in [0, 0.05) is 9.85 Å². The third-order valence-corrected chi connectivity index (χ3v) is 5.61. The lowest BCUT2D eigenvalue weighted by atomic mass is 10.2. The van der Waals surface area contributed by atoms with Crippen LogP contribution >= 0.6 is 38.6 Å². The van der Waals surface area contributed by atoms with Gasteiger partial charge in [-0.1, -0.05) is 12.1 Å². The van der Waals surface area contributed by atoms with Crippen LogP contribution in [0.5, 0.6) is 0 Å². The first-order valence-corrected chi connectivity index (χ1v) is 9.21. The minimum atomic E-state index is -0.0624. The summed E-state index contributed by atoms with van der Waals surface area (Å²) >= 11 is 6.69. The number of carbonyl (C=O) groups is 1. The summed E-state index contributed by atoms with van der Waals surface area (Å²) in [6, 6.07) is 9.89. The molecular weight excluding hydrogens is 380 g/mol. The molecule has 1 N–H and O–H groups in total. The van der Waals surface area contributed by atoms with Crippen molar-refractivity contribution < 1.29 is 4.79 Å². The van der Waals surface area contributed by atoms with E-state index in [9.17, 15) is 4.79 Å². The summed E-state index contributed by atoms with van der Waals surface area (Å²) in [5.41, 5.74) is 2.73. The molecule has 0 aliphatic rings. The van der Waals surface area contributed by atoms with Crippen molar-refractivity contribution in [1.29, 1.82) is 0 Å². The van der Waals surface area contributed by atoms with Gasteiger partial charge in [0.15, 0.2) is 0 Å². The Morgan fingerprint density at radius 1 is 1.32 bits per heavy atom. The number of thiophene rings is 1. The molecule has 3 aromatic rings. The lowest BCUT2D eigenvalue weighted by Crippen LogP contribution is -2.15. The van der Waals surface area contributed by atoms with Crippen molar-refractivity contribution in [3.05, 3.63) is 56.8 Å². The number of aryl methyl sites for hydroxylation is 1. The van der Waals surface area contributed by atoms with Gasteiger partial charge in [0.25, 0.3) is 0 Å². The number of nitrogens with one attached hydrogen (secondary N) is 1. The van der Waals surface area contributed by atoms with Crippen molar-refractivity contribution in [2.75, 3.05) is 5.32 Å². The fraction of sp³-hybridized carbons (Fsp3) is 0.125. The number of hydrogen-bond donors (Lipinski definition) is 1. The third kappa shape index (κ3) is 3.63. The quantitative estimate of drug-likeness (QED) is 0.668. The first-order chi connectivity index (χ1) is 10.6. The van der Waals surface area contributed by atoms with Crippen molar-refractivity contribution in [3.8, 4) is 9.88 Å². The number of nitrogens with zero attached hydrogens (tertiary/aromatic N) is 1. The summed E-state index contributed by atoms with van der Waals surface area (Å²) in [6.07, 6.45) is 0.280. The molecule has 0 fully saturated rings. The Bertz CT molecular complexity index is 796. The summed E-state index contributed by atoms with van der Waals surface area (Å²) in [5, 5.41) is 7.85. The Balaban J connectivity index is 1.67. The van der Waals surface area contributed by atoms with Crippen LogP contribution in [0.3, 0.4) is 0 Å². The molecule has 0 saturated carbocycles. The predicted octanol–water partition coefficient (Wildman–Crippen LogP) is 5.12. The number of carbonyl (C=O) groups excluding carboxylic acids is 1. The van der Waals surface area contributed by atoms with E-state index in [0.29, 0.717) is 0 Å².